The molecule has 0 saturated heterocycles. The summed E-state index contributed by atoms with van der Waals surface area (Å²) in [6, 6.07) is 0. The van der Waals surface area contributed by atoms with E-state index in [2.05, 4.69) is 38.2 Å². The van der Waals surface area contributed by atoms with Crippen LogP contribution in [0.25, 0.3) is 0 Å². The highest BCUT2D eigenvalue weighted by Gasteiger charge is 2.12. The average molecular weight is 150 g/mol. The lowest BCUT2D eigenvalue weighted by molar-refractivity contribution is 0.447. The summed E-state index contributed by atoms with van der Waals surface area (Å²) >= 11 is 0. The van der Waals surface area contributed by atoms with Crippen molar-refractivity contribution in [1.82, 2.24) is 0 Å². The monoisotopic (exact) mass is 150 g/mol. The fourth-order valence-electron chi connectivity index (χ4n) is 1.72. The Morgan fingerprint density at radius 1 is 1.55 bits per heavy atom. The van der Waals surface area contributed by atoms with Crippen LogP contribution in [0.15, 0.2) is 24.3 Å². The standard InChI is InChI=1S/C11H18/c1-3-7-10(2)11-8-5-4-6-9-11/h3,5,7-8,10-11H,4,6,9H2,1-2H3/b7-3+. The molecule has 0 fully saturated rings. The molecule has 0 N–H and O–H groups in total. The summed E-state index contributed by atoms with van der Waals surface area (Å²) in [5, 5.41) is 0. The zero-order valence-corrected chi connectivity index (χ0v) is 7.59. The highest BCUT2D eigenvalue weighted by atomic mass is 14.2. The molecule has 0 radical (unpaired) electrons. The lowest BCUT2D eigenvalue weighted by Crippen LogP contribution is -2.08. The van der Waals surface area contributed by atoms with E-state index in [0.29, 0.717) is 0 Å². The molecule has 0 spiro atoms. The van der Waals surface area contributed by atoms with Crippen molar-refractivity contribution in [3.05, 3.63) is 24.3 Å². The van der Waals surface area contributed by atoms with Crippen LogP contribution in [0.4, 0.5) is 0 Å². The Morgan fingerprint density at radius 2 is 2.36 bits per heavy atom. The van der Waals surface area contributed by atoms with Gasteiger partial charge in [-0.25, -0.2) is 0 Å². The fourth-order valence-corrected chi connectivity index (χ4v) is 1.72. The summed E-state index contributed by atoms with van der Waals surface area (Å²) in [5.41, 5.74) is 0. The largest absolute Gasteiger partial charge is 0.0914 e. The first kappa shape index (κ1) is 8.58. The Hall–Kier alpha value is -0.520. The zero-order valence-electron chi connectivity index (χ0n) is 7.59. The lowest BCUT2D eigenvalue weighted by Gasteiger charge is -2.20. The fraction of sp³-hybridized carbons (Fsp3) is 0.636. The molecule has 11 heavy (non-hydrogen) atoms. The van der Waals surface area contributed by atoms with Gasteiger partial charge in [0.25, 0.3) is 0 Å². The van der Waals surface area contributed by atoms with Gasteiger partial charge in [0.15, 0.2) is 0 Å². The number of hydrogen-bond acceptors (Lipinski definition) is 0. The maximum atomic E-state index is 2.38. The molecular formula is C11H18. The van der Waals surface area contributed by atoms with Crippen molar-refractivity contribution < 1.29 is 0 Å². The van der Waals surface area contributed by atoms with Gasteiger partial charge in [-0.1, -0.05) is 31.2 Å². The smallest absolute Gasteiger partial charge is 0.0173 e. The topological polar surface area (TPSA) is 0 Å². The summed E-state index contributed by atoms with van der Waals surface area (Å²) in [6.45, 7) is 4.41. The van der Waals surface area contributed by atoms with Crippen LogP contribution in [0.3, 0.4) is 0 Å². The summed E-state index contributed by atoms with van der Waals surface area (Å²) in [4.78, 5) is 0. The number of allylic oxidation sites excluding steroid dienone is 4. The van der Waals surface area contributed by atoms with E-state index in [1.807, 2.05) is 0 Å². The van der Waals surface area contributed by atoms with Crippen LogP contribution in [-0.4, -0.2) is 0 Å². The molecule has 1 aliphatic rings. The van der Waals surface area contributed by atoms with Gasteiger partial charge in [-0.2, -0.15) is 0 Å². The lowest BCUT2D eigenvalue weighted by atomic mass is 9.85. The molecule has 0 heteroatoms. The molecule has 1 rings (SSSR count). The van der Waals surface area contributed by atoms with Gasteiger partial charge in [-0.3, -0.25) is 0 Å². The van der Waals surface area contributed by atoms with Gasteiger partial charge in [0.1, 0.15) is 0 Å². The van der Waals surface area contributed by atoms with E-state index in [1.54, 1.807) is 0 Å². The van der Waals surface area contributed by atoms with Crippen LogP contribution >= 0.6 is 0 Å². The molecule has 2 unspecified atom stereocenters. The third kappa shape index (κ3) is 2.53. The summed E-state index contributed by atoms with van der Waals surface area (Å²) in [6.07, 6.45) is 13.2. The van der Waals surface area contributed by atoms with Crippen molar-refractivity contribution in [2.45, 2.75) is 33.1 Å². The van der Waals surface area contributed by atoms with Gasteiger partial charge in [-0.05, 0) is 38.0 Å². The molecule has 2 atom stereocenters. The van der Waals surface area contributed by atoms with Crippen molar-refractivity contribution in [2.24, 2.45) is 11.8 Å². The van der Waals surface area contributed by atoms with Gasteiger partial charge < -0.3 is 0 Å². The number of hydrogen-bond donors (Lipinski definition) is 0. The maximum Gasteiger partial charge on any atom is -0.0173 e. The second-order valence-corrected chi connectivity index (χ2v) is 3.41. The van der Waals surface area contributed by atoms with Gasteiger partial charge in [0, 0.05) is 0 Å². The van der Waals surface area contributed by atoms with Gasteiger partial charge in [0.2, 0.25) is 0 Å². The van der Waals surface area contributed by atoms with Crippen molar-refractivity contribution >= 4 is 0 Å². The van der Waals surface area contributed by atoms with E-state index in [-0.39, 0.29) is 0 Å². The van der Waals surface area contributed by atoms with Crippen LogP contribution in [0, 0.1) is 11.8 Å². The molecule has 0 bridgehead atoms. The highest BCUT2D eigenvalue weighted by molar-refractivity contribution is 4.99. The van der Waals surface area contributed by atoms with Crippen LogP contribution < -0.4 is 0 Å². The van der Waals surface area contributed by atoms with Gasteiger partial charge in [0.05, 0.1) is 0 Å². The molecule has 0 amide bonds. The second-order valence-electron chi connectivity index (χ2n) is 3.41. The molecule has 0 heterocycles. The van der Waals surface area contributed by atoms with Crippen molar-refractivity contribution in [3.63, 3.8) is 0 Å². The van der Waals surface area contributed by atoms with E-state index in [4.69, 9.17) is 0 Å². The molecule has 0 aromatic rings. The second kappa shape index (κ2) is 4.38. The molecule has 0 nitrogen and oxygen atoms in total. The first-order chi connectivity index (χ1) is 5.34. The summed E-state index contributed by atoms with van der Waals surface area (Å²) < 4.78 is 0. The SMILES string of the molecule is C/C=C/C(C)C1C=CCCC1. The zero-order chi connectivity index (χ0) is 8.10. The minimum absolute atomic E-state index is 0.733. The van der Waals surface area contributed by atoms with E-state index >= 15 is 0 Å². The molecular weight excluding hydrogens is 132 g/mol. The Kier molecular flexibility index (Phi) is 3.41. The van der Waals surface area contributed by atoms with Crippen LogP contribution in [0.1, 0.15) is 33.1 Å². The van der Waals surface area contributed by atoms with Gasteiger partial charge >= 0.3 is 0 Å². The van der Waals surface area contributed by atoms with Crippen LogP contribution in [-0.2, 0) is 0 Å². The molecule has 0 aromatic carbocycles. The molecule has 0 saturated carbocycles. The Morgan fingerprint density at radius 3 is 2.91 bits per heavy atom. The quantitative estimate of drug-likeness (QED) is 0.528. The molecule has 1 aliphatic carbocycles. The Labute approximate surface area is 70.0 Å². The molecule has 62 valence electrons. The normalized spacial score (nSPS) is 27.6. The molecule has 0 aliphatic heterocycles. The minimum atomic E-state index is 0.733. The van der Waals surface area contributed by atoms with Crippen LogP contribution in [0.2, 0.25) is 0 Å². The van der Waals surface area contributed by atoms with Crippen molar-refractivity contribution in [1.29, 1.82) is 0 Å². The van der Waals surface area contributed by atoms with Crippen molar-refractivity contribution in [3.8, 4) is 0 Å². The first-order valence-electron chi connectivity index (χ1n) is 4.64. The molecule has 0 aromatic heterocycles. The van der Waals surface area contributed by atoms with Crippen molar-refractivity contribution in [2.75, 3.05) is 0 Å². The third-order valence-electron chi connectivity index (χ3n) is 2.46. The Balaban J connectivity index is 2.45. The highest BCUT2D eigenvalue weighted by Crippen LogP contribution is 2.25. The van der Waals surface area contributed by atoms with Crippen LogP contribution in [0.5, 0.6) is 0 Å². The Bertz CT molecular complexity index is 153. The van der Waals surface area contributed by atoms with E-state index in [0.717, 1.165) is 11.8 Å². The van der Waals surface area contributed by atoms with Gasteiger partial charge in [-0.15, -0.1) is 0 Å². The minimum Gasteiger partial charge on any atom is -0.0914 e. The van der Waals surface area contributed by atoms with E-state index in [9.17, 15) is 0 Å². The predicted molar refractivity (Wildman–Crippen MR) is 50.5 cm³/mol. The first-order valence-corrected chi connectivity index (χ1v) is 4.64. The third-order valence-corrected chi connectivity index (χ3v) is 2.46. The summed E-state index contributed by atoms with van der Waals surface area (Å²) in [5.74, 6) is 1.54. The van der Waals surface area contributed by atoms with E-state index in [1.165, 1.54) is 19.3 Å². The predicted octanol–water partition coefficient (Wildman–Crippen LogP) is 3.55. The summed E-state index contributed by atoms with van der Waals surface area (Å²) in [7, 11) is 0. The maximum absolute atomic E-state index is 2.38. The average Bonchev–Trinajstić information content (AvgIpc) is 2.07. The van der Waals surface area contributed by atoms with E-state index < -0.39 is 0 Å². The number of rotatable bonds is 2.